The number of hydrazine groups is 2. The van der Waals surface area contributed by atoms with Gasteiger partial charge >= 0.3 is 0 Å². The number of aryl methyl sites for hydroxylation is 1. The number of alkyl halides is 2. The first-order valence-electron chi connectivity index (χ1n) is 14.0. The summed E-state index contributed by atoms with van der Waals surface area (Å²) in [6, 6.07) is 11.4. The van der Waals surface area contributed by atoms with E-state index in [-0.39, 0.29) is 5.41 Å². The minimum absolute atomic E-state index is 0.0691. The van der Waals surface area contributed by atoms with E-state index in [1.54, 1.807) is 18.5 Å². The van der Waals surface area contributed by atoms with Crippen LogP contribution in [0, 0.1) is 28.1 Å². The third-order valence-corrected chi connectivity index (χ3v) is 7.98. The first-order valence-corrected chi connectivity index (χ1v) is 14.0. The van der Waals surface area contributed by atoms with Crippen molar-refractivity contribution < 1.29 is 8.78 Å². The summed E-state index contributed by atoms with van der Waals surface area (Å²) in [5.41, 5.74) is 9.37. The first-order chi connectivity index (χ1) is 20.5. The SMILES string of the molecule is Cn1ccc2c([C@H](Nc3cc(C#N)c4ncc(C#N)c(NCC(C)(C)C)c4c3)C3=CN(C4(C(F)F)CC4)NN3)ccnc21. The average Bonchev–Trinajstić information content (AvgIpc) is 3.50. The van der Waals surface area contributed by atoms with Gasteiger partial charge in [0.15, 0.2) is 0 Å². The lowest BCUT2D eigenvalue weighted by atomic mass is 9.96. The van der Waals surface area contributed by atoms with Gasteiger partial charge in [-0.1, -0.05) is 20.8 Å². The van der Waals surface area contributed by atoms with Crippen LogP contribution in [0.1, 0.15) is 56.3 Å². The summed E-state index contributed by atoms with van der Waals surface area (Å²) < 4.78 is 29.9. The van der Waals surface area contributed by atoms with Gasteiger partial charge in [-0.15, -0.1) is 5.53 Å². The van der Waals surface area contributed by atoms with E-state index in [1.807, 2.05) is 36.0 Å². The molecule has 0 amide bonds. The van der Waals surface area contributed by atoms with Gasteiger partial charge in [0.05, 0.1) is 34.1 Å². The summed E-state index contributed by atoms with van der Waals surface area (Å²) >= 11 is 0. The predicted molar refractivity (Wildman–Crippen MR) is 160 cm³/mol. The third kappa shape index (κ3) is 5.04. The summed E-state index contributed by atoms with van der Waals surface area (Å²) in [5.74, 6) is 0. The van der Waals surface area contributed by atoms with Gasteiger partial charge < -0.3 is 20.6 Å². The monoisotopic (exact) mass is 582 g/mol. The summed E-state index contributed by atoms with van der Waals surface area (Å²) in [5, 5.41) is 29.9. The highest BCUT2D eigenvalue weighted by Gasteiger charge is 2.56. The second-order valence-corrected chi connectivity index (χ2v) is 12.3. The summed E-state index contributed by atoms with van der Waals surface area (Å²) in [4.78, 5) is 8.98. The maximum Gasteiger partial charge on any atom is 0.262 e. The second kappa shape index (κ2) is 10.4. The molecule has 2 aliphatic rings. The highest BCUT2D eigenvalue weighted by Crippen LogP contribution is 2.47. The molecule has 0 spiro atoms. The van der Waals surface area contributed by atoms with Crippen LogP contribution in [0.5, 0.6) is 0 Å². The maximum atomic E-state index is 14.0. The summed E-state index contributed by atoms with van der Waals surface area (Å²) in [6.07, 6.45) is 5.06. The lowest BCUT2D eigenvalue weighted by molar-refractivity contribution is 0.00911. The number of hydrogen-bond acceptors (Lipinski definition) is 9. The van der Waals surface area contributed by atoms with E-state index in [4.69, 9.17) is 0 Å². The Balaban J connectivity index is 1.48. The van der Waals surface area contributed by atoms with E-state index in [0.717, 1.165) is 16.6 Å². The molecule has 0 saturated heterocycles. The van der Waals surface area contributed by atoms with Gasteiger partial charge in [0.2, 0.25) is 0 Å². The van der Waals surface area contributed by atoms with Crippen LogP contribution < -0.4 is 21.6 Å². The molecule has 220 valence electrons. The third-order valence-electron chi connectivity index (χ3n) is 7.98. The van der Waals surface area contributed by atoms with Crippen LogP contribution in [-0.4, -0.2) is 38.1 Å². The Kier molecular flexibility index (Phi) is 6.82. The zero-order chi connectivity index (χ0) is 30.5. The zero-order valence-corrected chi connectivity index (χ0v) is 24.3. The normalized spacial score (nSPS) is 16.5. The molecular formula is C31H32F2N10. The molecule has 0 radical (unpaired) electrons. The smallest absolute Gasteiger partial charge is 0.262 e. The number of aromatic nitrogens is 3. The van der Waals surface area contributed by atoms with Crippen molar-refractivity contribution in [2.45, 2.75) is 51.6 Å². The van der Waals surface area contributed by atoms with Crippen LogP contribution in [0.15, 0.2) is 54.8 Å². The van der Waals surface area contributed by atoms with Crippen LogP contribution >= 0.6 is 0 Å². The van der Waals surface area contributed by atoms with E-state index in [2.05, 4.69) is 64.5 Å². The molecule has 3 aromatic heterocycles. The molecule has 1 aliphatic carbocycles. The highest BCUT2D eigenvalue weighted by molar-refractivity contribution is 5.99. The van der Waals surface area contributed by atoms with Crippen molar-refractivity contribution >= 4 is 33.3 Å². The van der Waals surface area contributed by atoms with E-state index < -0.39 is 18.0 Å². The minimum Gasteiger partial charge on any atom is -0.383 e. The molecule has 1 saturated carbocycles. The number of nitrogens with one attached hydrogen (secondary N) is 4. The summed E-state index contributed by atoms with van der Waals surface area (Å²) in [6.45, 7) is 6.86. The van der Waals surface area contributed by atoms with Crippen molar-refractivity contribution in [3.8, 4) is 12.1 Å². The van der Waals surface area contributed by atoms with Crippen molar-refractivity contribution in [1.82, 2.24) is 30.5 Å². The van der Waals surface area contributed by atoms with Gasteiger partial charge in [-0.2, -0.15) is 10.5 Å². The quantitative estimate of drug-likeness (QED) is 0.215. The molecule has 1 atom stereocenters. The Labute approximate surface area is 247 Å². The fraction of sp³-hybridized carbons (Fsp3) is 0.355. The Hall–Kier alpha value is -4.94. The van der Waals surface area contributed by atoms with Crippen LogP contribution in [-0.2, 0) is 7.05 Å². The molecule has 1 fully saturated rings. The van der Waals surface area contributed by atoms with Gasteiger partial charge in [-0.3, -0.25) is 9.99 Å². The van der Waals surface area contributed by atoms with E-state index in [1.165, 1.54) is 11.2 Å². The lowest BCUT2D eigenvalue weighted by Crippen LogP contribution is -2.48. The number of nitrogens with zero attached hydrogens (tertiary/aromatic N) is 6. The topological polar surface area (TPSA) is 130 Å². The molecule has 4 aromatic rings. The summed E-state index contributed by atoms with van der Waals surface area (Å²) in [7, 11) is 1.91. The average molecular weight is 583 g/mol. The number of halogens is 2. The molecule has 10 nitrogen and oxygen atoms in total. The van der Waals surface area contributed by atoms with E-state index in [9.17, 15) is 19.3 Å². The van der Waals surface area contributed by atoms with Crippen LogP contribution in [0.4, 0.5) is 20.2 Å². The van der Waals surface area contributed by atoms with Crippen molar-refractivity contribution in [1.29, 1.82) is 10.5 Å². The fourth-order valence-electron chi connectivity index (χ4n) is 5.43. The fourth-order valence-corrected chi connectivity index (χ4v) is 5.43. The van der Waals surface area contributed by atoms with Crippen molar-refractivity contribution in [2.75, 3.05) is 17.2 Å². The first kappa shape index (κ1) is 28.2. The number of pyridine rings is 2. The Morgan fingerprint density at radius 1 is 1.09 bits per heavy atom. The standard InChI is InChI=1S/C31H32F2N10/c1-30(2,3)17-38-26-19(14-35)15-37-25-18(13-34)11-20(12-23(25)26)39-27(21-5-9-36-28-22(21)6-10-42(28)4)24-16-43(41-40-24)31(7-8-31)29(32)33/h5-6,9-12,15-16,27,29,39-41H,7-8,17H2,1-4H3,(H,37,38)/t27-/m0/s1. The number of nitriles is 2. The largest absolute Gasteiger partial charge is 0.383 e. The molecule has 1 aromatic carbocycles. The number of fused-ring (bicyclic) bond motifs is 2. The van der Waals surface area contributed by atoms with Gasteiger partial charge in [0, 0.05) is 54.8 Å². The van der Waals surface area contributed by atoms with Gasteiger partial charge in [-0.05, 0) is 48.1 Å². The Bertz CT molecular complexity index is 1840. The predicted octanol–water partition coefficient (Wildman–Crippen LogP) is 5.44. The van der Waals surface area contributed by atoms with Crippen LogP contribution in [0.2, 0.25) is 0 Å². The molecule has 6 rings (SSSR count). The Morgan fingerprint density at radius 3 is 2.53 bits per heavy atom. The van der Waals surface area contributed by atoms with E-state index in [0.29, 0.717) is 58.5 Å². The van der Waals surface area contributed by atoms with Crippen LogP contribution in [0.25, 0.3) is 21.9 Å². The molecule has 0 bridgehead atoms. The molecule has 4 heterocycles. The number of anilines is 2. The molecule has 12 heteroatoms. The highest BCUT2D eigenvalue weighted by atomic mass is 19.3. The van der Waals surface area contributed by atoms with Crippen molar-refractivity contribution in [3.05, 3.63) is 71.4 Å². The molecule has 4 N–H and O–H groups in total. The molecule has 1 aliphatic heterocycles. The van der Waals surface area contributed by atoms with Gasteiger partial charge in [0.1, 0.15) is 23.3 Å². The molecular weight excluding hydrogens is 550 g/mol. The molecule has 43 heavy (non-hydrogen) atoms. The lowest BCUT2D eigenvalue weighted by Gasteiger charge is -2.25. The maximum absolute atomic E-state index is 14.0. The van der Waals surface area contributed by atoms with Gasteiger partial charge in [0.25, 0.3) is 6.43 Å². The number of hydrogen-bond donors (Lipinski definition) is 4. The minimum atomic E-state index is -2.51. The van der Waals surface area contributed by atoms with Gasteiger partial charge in [-0.25, -0.2) is 13.8 Å². The number of rotatable bonds is 8. The number of benzene rings is 1. The van der Waals surface area contributed by atoms with E-state index >= 15 is 0 Å². The Morgan fingerprint density at radius 2 is 1.86 bits per heavy atom. The van der Waals surface area contributed by atoms with Crippen molar-refractivity contribution in [2.24, 2.45) is 12.5 Å². The molecule has 0 unspecified atom stereocenters. The van der Waals surface area contributed by atoms with Crippen LogP contribution in [0.3, 0.4) is 0 Å². The van der Waals surface area contributed by atoms with Crippen molar-refractivity contribution in [3.63, 3.8) is 0 Å². The zero-order valence-electron chi connectivity index (χ0n) is 24.3. The second-order valence-electron chi connectivity index (χ2n) is 12.3.